The van der Waals surface area contributed by atoms with Gasteiger partial charge < -0.3 is 10.6 Å². The fourth-order valence-electron chi connectivity index (χ4n) is 2.94. The monoisotopic (exact) mass is 318 g/mol. The molecule has 23 heavy (non-hydrogen) atoms. The van der Waals surface area contributed by atoms with Crippen molar-refractivity contribution in [3.05, 3.63) is 35.1 Å². The Balaban J connectivity index is 1.80. The molecular formula is C17H23FN4O. The average molecular weight is 318 g/mol. The molecule has 2 amide bonds. The number of benzene rings is 1. The summed E-state index contributed by atoms with van der Waals surface area (Å²) in [4.78, 5) is 14.3. The van der Waals surface area contributed by atoms with Crippen LogP contribution in [-0.2, 0) is 6.54 Å². The van der Waals surface area contributed by atoms with Crippen molar-refractivity contribution in [3.63, 3.8) is 0 Å². The van der Waals surface area contributed by atoms with Crippen molar-refractivity contribution >= 4 is 6.03 Å². The Hall–Kier alpha value is -2.13. The standard InChI is InChI=1S/C17H23FN4O/c1-2-22-8-4-3-5-15(22)12-21-17(23)20-11-14-9-13(10-19)6-7-16(14)18/h6-7,9,15H,2-5,8,11-12H2,1H3,(H2,20,21,23). The molecule has 0 radical (unpaired) electrons. The van der Waals surface area contributed by atoms with Crippen molar-refractivity contribution < 1.29 is 9.18 Å². The number of likely N-dealkylation sites (tertiary alicyclic amines) is 1. The summed E-state index contributed by atoms with van der Waals surface area (Å²) in [7, 11) is 0. The van der Waals surface area contributed by atoms with E-state index < -0.39 is 5.82 Å². The van der Waals surface area contributed by atoms with Crippen LogP contribution in [0, 0.1) is 17.1 Å². The van der Waals surface area contributed by atoms with Gasteiger partial charge in [-0.1, -0.05) is 13.3 Å². The highest BCUT2D eigenvalue weighted by molar-refractivity contribution is 5.73. The van der Waals surface area contributed by atoms with Gasteiger partial charge in [-0.25, -0.2) is 9.18 Å². The Bertz CT molecular complexity index is 584. The number of halogens is 1. The van der Waals surface area contributed by atoms with Gasteiger partial charge in [-0.05, 0) is 44.1 Å². The average Bonchev–Trinajstić information content (AvgIpc) is 2.59. The zero-order valence-corrected chi connectivity index (χ0v) is 13.4. The van der Waals surface area contributed by atoms with Crippen LogP contribution in [0.25, 0.3) is 0 Å². The van der Waals surface area contributed by atoms with Crippen molar-refractivity contribution in [1.82, 2.24) is 15.5 Å². The number of carbonyl (C=O) groups excluding carboxylic acids is 1. The van der Waals surface area contributed by atoms with Gasteiger partial charge in [0.1, 0.15) is 5.82 Å². The number of urea groups is 1. The van der Waals surface area contributed by atoms with Crippen LogP contribution in [-0.4, -0.2) is 36.6 Å². The highest BCUT2D eigenvalue weighted by atomic mass is 19.1. The molecule has 1 aliphatic heterocycles. The maximum absolute atomic E-state index is 13.6. The first-order valence-corrected chi connectivity index (χ1v) is 8.08. The molecule has 0 spiro atoms. The zero-order valence-electron chi connectivity index (χ0n) is 13.4. The lowest BCUT2D eigenvalue weighted by molar-refractivity contribution is 0.153. The van der Waals surface area contributed by atoms with Gasteiger partial charge in [-0.3, -0.25) is 4.90 Å². The fraction of sp³-hybridized carbons (Fsp3) is 0.529. The molecular weight excluding hydrogens is 295 g/mol. The van der Waals surface area contributed by atoms with E-state index in [0.717, 1.165) is 19.5 Å². The minimum Gasteiger partial charge on any atom is -0.337 e. The Morgan fingerprint density at radius 3 is 3.00 bits per heavy atom. The molecule has 2 N–H and O–H groups in total. The number of nitrogens with zero attached hydrogens (tertiary/aromatic N) is 2. The Labute approximate surface area is 136 Å². The second kappa shape index (κ2) is 8.49. The smallest absolute Gasteiger partial charge is 0.315 e. The van der Waals surface area contributed by atoms with E-state index in [-0.39, 0.29) is 12.6 Å². The maximum Gasteiger partial charge on any atom is 0.315 e. The number of amides is 2. The Kier molecular flexibility index (Phi) is 6.36. The molecule has 0 bridgehead atoms. The summed E-state index contributed by atoms with van der Waals surface area (Å²) in [5, 5.41) is 14.3. The fourth-order valence-corrected chi connectivity index (χ4v) is 2.94. The molecule has 1 atom stereocenters. The highest BCUT2D eigenvalue weighted by Crippen LogP contribution is 2.15. The third-order valence-corrected chi connectivity index (χ3v) is 4.27. The van der Waals surface area contributed by atoms with Crippen LogP contribution in [0.1, 0.15) is 37.3 Å². The molecule has 1 heterocycles. The quantitative estimate of drug-likeness (QED) is 0.876. The topological polar surface area (TPSA) is 68.2 Å². The molecule has 2 rings (SSSR count). The van der Waals surface area contributed by atoms with Crippen molar-refractivity contribution in [2.45, 2.75) is 38.8 Å². The van der Waals surface area contributed by atoms with Crippen LogP contribution in [0.2, 0.25) is 0 Å². The molecule has 1 aromatic rings. The third-order valence-electron chi connectivity index (χ3n) is 4.27. The molecule has 0 aliphatic carbocycles. The van der Waals surface area contributed by atoms with E-state index in [0.29, 0.717) is 23.7 Å². The zero-order chi connectivity index (χ0) is 16.7. The van der Waals surface area contributed by atoms with E-state index in [9.17, 15) is 9.18 Å². The number of rotatable bonds is 5. The summed E-state index contributed by atoms with van der Waals surface area (Å²) in [5.74, 6) is -0.422. The minimum atomic E-state index is -0.422. The van der Waals surface area contributed by atoms with Crippen LogP contribution >= 0.6 is 0 Å². The Morgan fingerprint density at radius 1 is 1.43 bits per heavy atom. The number of hydrogen-bond acceptors (Lipinski definition) is 3. The van der Waals surface area contributed by atoms with Gasteiger partial charge in [0.15, 0.2) is 0 Å². The summed E-state index contributed by atoms with van der Waals surface area (Å²) in [6, 6.07) is 6.14. The van der Waals surface area contributed by atoms with Gasteiger partial charge in [0.25, 0.3) is 0 Å². The number of hydrogen-bond donors (Lipinski definition) is 2. The van der Waals surface area contributed by atoms with Crippen molar-refractivity contribution in [2.75, 3.05) is 19.6 Å². The van der Waals surface area contributed by atoms with Crippen LogP contribution in [0.3, 0.4) is 0 Å². The van der Waals surface area contributed by atoms with Crippen LogP contribution in [0.15, 0.2) is 18.2 Å². The number of likely N-dealkylation sites (N-methyl/N-ethyl adjacent to an activating group) is 1. The van der Waals surface area contributed by atoms with E-state index >= 15 is 0 Å². The van der Waals surface area contributed by atoms with Gasteiger partial charge in [0.05, 0.1) is 11.6 Å². The maximum atomic E-state index is 13.6. The van der Waals surface area contributed by atoms with Crippen molar-refractivity contribution in [2.24, 2.45) is 0 Å². The molecule has 1 aliphatic rings. The Morgan fingerprint density at radius 2 is 2.26 bits per heavy atom. The summed E-state index contributed by atoms with van der Waals surface area (Å²) in [6.45, 7) is 4.86. The third kappa shape index (κ3) is 4.93. The van der Waals surface area contributed by atoms with E-state index in [2.05, 4.69) is 22.5 Å². The number of nitriles is 1. The first kappa shape index (κ1) is 17.2. The molecule has 1 fully saturated rings. The molecule has 0 saturated carbocycles. The summed E-state index contributed by atoms with van der Waals surface area (Å²) in [6.07, 6.45) is 3.49. The van der Waals surface area contributed by atoms with E-state index in [1.807, 2.05) is 6.07 Å². The van der Waals surface area contributed by atoms with Crippen molar-refractivity contribution in [3.8, 4) is 6.07 Å². The lowest BCUT2D eigenvalue weighted by Crippen LogP contribution is -2.48. The normalized spacial score (nSPS) is 18.2. The SMILES string of the molecule is CCN1CCCCC1CNC(=O)NCc1cc(C#N)ccc1F. The summed E-state index contributed by atoms with van der Waals surface area (Å²) >= 11 is 0. The van der Waals surface area contributed by atoms with Gasteiger partial charge >= 0.3 is 6.03 Å². The minimum absolute atomic E-state index is 0.0648. The highest BCUT2D eigenvalue weighted by Gasteiger charge is 2.21. The molecule has 124 valence electrons. The predicted octanol–water partition coefficient (Wildman–Crippen LogP) is 2.37. The van der Waals surface area contributed by atoms with Gasteiger partial charge in [-0.2, -0.15) is 5.26 Å². The molecule has 1 aromatic carbocycles. The summed E-state index contributed by atoms with van der Waals surface area (Å²) in [5.41, 5.74) is 0.691. The van der Waals surface area contributed by atoms with Crippen molar-refractivity contribution in [1.29, 1.82) is 5.26 Å². The lowest BCUT2D eigenvalue weighted by Gasteiger charge is -2.34. The molecule has 0 aromatic heterocycles. The number of nitrogens with one attached hydrogen (secondary N) is 2. The second-order valence-corrected chi connectivity index (χ2v) is 5.76. The molecule has 6 heteroatoms. The van der Waals surface area contributed by atoms with E-state index in [4.69, 9.17) is 5.26 Å². The second-order valence-electron chi connectivity index (χ2n) is 5.76. The molecule has 1 saturated heterocycles. The lowest BCUT2D eigenvalue weighted by atomic mass is 10.0. The predicted molar refractivity (Wildman–Crippen MR) is 86.2 cm³/mol. The van der Waals surface area contributed by atoms with Gasteiger partial charge in [-0.15, -0.1) is 0 Å². The van der Waals surface area contributed by atoms with Crippen LogP contribution in [0.5, 0.6) is 0 Å². The van der Waals surface area contributed by atoms with Crippen LogP contribution in [0.4, 0.5) is 9.18 Å². The van der Waals surface area contributed by atoms with E-state index in [1.54, 1.807) is 0 Å². The first-order chi connectivity index (χ1) is 11.1. The van der Waals surface area contributed by atoms with Gasteiger partial charge in [0.2, 0.25) is 0 Å². The molecule has 5 nitrogen and oxygen atoms in total. The van der Waals surface area contributed by atoms with E-state index in [1.165, 1.54) is 31.0 Å². The largest absolute Gasteiger partial charge is 0.337 e. The number of piperidine rings is 1. The first-order valence-electron chi connectivity index (χ1n) is 8.08. The number of carbonyl (C=O) groups is 1. The van der Waals surface area contributed by atoms with Gasteiger partial charge in [0, 0.05) is 24.7 Å². The molecule has 1 unspecified atom stereocenters. The summed E-state index contributed by atoms with van der Waals surface area (Å²) < 4.78 is 13.6. The van der Waals surface area contributed by atoms with Crippen LogP contribution < -0.4 is 10.6 Å².